The van der Waals surface area contributed by atoms with Gasteiger partial charge >= 0.3 is 6.03 Å². The molecule has 2 aromatic carbocycles. The lowest BCUT2D eigenvalue weighted by Crippen LogP contribution is -2.28. The molecule has 0 spiro atoms. The zero-order valence-corrected chi connectivity index (χ0v) is 13.5. The van der Waals surface area contributed by atoms with E-state index in [1.807, 2.05) is 0 Å². The molecule has 2 aromatic rings. The number of hydrogen-bond donors (Lipinski definition) is 2. The predicted octanol–water partition coefficient (Wildman–Crippen LogP) is 1.81. The van der Waals surface area contributed by atoms with Gasteiger partial charge in [-0.1, -0.05) is 0 Å². The maximum atomic E-state index is 11.7. The van der Waals surface area contributed by atoms with Crippen molar-refractivity contribution < 1.29 is 23.7 Å². The molecule has 132 valence electrons. The van der Waals surface area contributed by atoms with Crippen LogP contribution in [0.1, 0.15) is 11.1 Å². The highest BCUT2D eigenvalue weighted by Crippen LogP contribution is 2.32. The van der Waals surface area contributed by atoms with E-state index in [9.17, 15) is 4.79 Å². The van der Waals surface area contributed by atoms with Gasteiger partial charge in [0.1, 0.15) is 0 Å². The van der Waals surface area contributed by atoms with E-state index in [4.69, 9.17) is 18.9 Å². The molecule has 2 N–H and O–H groups in total. The van der Waals surface area contributed by atoms with E-state index in [1.54, 1.807) is 36.4 Å². The van der Waals surface area contributed by atoms with Crippen LogP contribution in [0, 0.1) is 0 Å². The average Bonchev–Trinajstić information content (AvgIpc) is 3.29. The summed E-state index contributed by atoms with van der Waals surface area (Å²) in [5.41, 5.74) is 6.16. The molecule has 0 saturated heterocycles. The highest BCUT2D eigenvalue weighted by atomic mass is 16.7. The van der Waals surface area contributed by atoms with Crippen molar-refractivity contribution in [3.8, 4) is 23.0 Å². The van der Waals surface area contributed by atoms with Gasteiger partial charge in [0.2, 0.25) is 13.6 Å². The summed E-state index contributed by atoms with van der Waals surface area (Å²) in [6, 6.07) is 10.1. The Kier molecular flexibility index (Phi) is 4.25. The van der Waals surface area contributed by atoms with E-state index in [1.165, 1.54) is 12.4 Å². The second-order valence-corrected chi connectivity index (χ2v) is 5.29. The Morgan fingerprint density at radius 1 is 0.769 bits per heavy atom. The fourth-order valence-corrected chi connectivity index (χ4v) is 2.34. The smallest absolute Gasteiger partial charge is 0.355 e. The van der Waals surface area contributed by atoms with Crippen LogP contribution in [0.15, 0.2) is 46.6 Å². The van der Waals surface area contributed by atoms with Gasteiger partial charge in [0.25, 0.3) is 0 Å². The summed E-state index contributed by atoms with van der Waals surface area (Å²) in [4.78, 5) is 11.7. The van der Waals surface area contributed by atoms with E-state index >= 15 is 0 Å². The minimum atomic E-state index is -0.570. The van der Waals surface area contributed by atoms with Crippen LogP contribution in [-0.4, -0.2) is 32.0 Å². The Morgan fingerprint density at radius 3 is 1.73 bits per heavy atom. The third kappa shape index (κ3) is 3.51. The molecule has 26 heavy (non-hydrogen) atoms. The van der Waals surface area contributed by atoms with Crippen LogP contribution >= 0.6 is 0 Å². The van der Waals surface area contributed by atoms with Gasteiger partial charge in [0.15, 0.2) is 23.0 Å². The van der Waals surface area contributed by atoms with Crippen molar-refractivity contribution in [1.29, 1.82) is 0 Å². The van der Waals surface area contributed by atoms with Gasteiger partial charge in [-0.05, 0) is 47.5 Å². The lowest BCUT2D eigenvalue weighted by Gasteiger charge is -2.00. The largest absolute Gasteiger partial charge is 0.454 e. The molecule has 0 bridgehead atoms. The van der Waals surface area contributed by atoms with Crippen molar-refractivity contribution >= 4 is 18.5 Å². The van der Waals surface area contributed by atoms with E-state index in [2.05, 4.69) is 21.1 Å². The summed E-state index contributed by atoms with van der Waals surface area (Å²) in [7, 11) is 0. The molecule has 0 radical (unpaired) electrons. The number of ether oxygens (including phenoxy) is 4. The maximum Gasteiger partial charge on any atom is 0.355 e. The summed E-state index contributed by atoms with van der Waals surface area (Å²) in [5, 5.41) is 7.69. The predicted molar refractivity (Wildman–Crippen MR) is 92.0 cm³/mol. The molecule has 2 amide bonds. The zero-order valence-electron chi connectivity index (χ0n) is 13.5. The average molecular weight is 354 g/mol. The second kappa shape index (κ2) is 7.01. The lowest BCUT2D eigenvalue weighted by molar-refractivity contribution is 0.173. The molecule has 2 heterocycles. The summed E-state index contributed by atoms with van der Waals surface area (Å²) >= 11 is 0. The summed E-state index contributed by atoms with van der Waals surface area (Å²) in [6.45, 7) is 0.413. The highest BCUT2D eigenvalue weighted by molar-refractivity contribution is 5.84. The number of carbonyl (C=O) groups excluding carboxylic acids is 1. The topological polar surface area (TPSA) is 103 Å². The Labute approximate surface area is 148 Å². The molecule has 0 unspecified atom stereocenters. The van der Waals surface area contributed by atoms with Crippen molar-refractivity contribution in [3.05, 3.63) is 47.5 Å². The number of urea groups is 1. The number of fused-ring (bicyclic) bond motifs is 2. The quantitative estimate of drug-likeness (QED) is 0.644. The Hall–Kier alpha value is -3.75. The third-order valence-corrected chi connectivity index (χ3v) is 3.55. The zero-order chi connectivity index (χ0) is 17.8. The Balaban J connectivity index is 1.27. The Bertz CT molecular complexity index is 825. The van der Waals surface area contributed by atoms with Gasteiger partial charge in [-0.15, -0.1) is 0 Å². The van der Waals surface area contributed by atoms with Crippen molar-refractivity contribution in [1.82, 2.24) is 10.9 Å². The number of hydrazone groups is 2. The molecular weight excluding hydrogens is 340 g/mol. The van der Waals surface area contributed by atoms with Crippen LogP contribution in [0.2, 0.25) is 0 Å². The van der Waals surface area contributed by atoms with E-state index < -0.39 is 6.03 Å². The standard InChI is InChI=1S/C17H14N4O5/c22-17(20-18-7-11-1-3-13-15(5-11)25-9-23-13)21-19-8-12-2-4-14-16(6-12)26-10-24-14/h1-8H,9-10H2,(H2,20,21,22)/b18-7+,19-8?. The SMILES string of the molecule is O=C(NN=Cc1ccc2c(c1)OCO2)N/N=C/c1ccc2c(c1)OCO2. The molecule has 0 atom stereocenters. The number of hydrogen-bond acceptors (Lipinski definition) is 7. The Morgan fingerprint density at radius 2 is 1.23 bits per heavy atom. The molecule has 9 heteroatoms. The number of amides is 2. The molecular formula is C17H14N4O5. The summed E-state index contributed by atoms with van der Waals surface area (Å²) < 4.78 is 21.0. The molecule has 0 aliphatic carbocycles. The number of carbonyl (C=O) groups is 1. The molecule has 9 nitrogen and oxygen atoms in total. The monoisotopic (exact) mass is 354 g/mol. The highest BCUT2D eigenvalue weighted by Gasteiger charge is 2.13. The van der Waals surface area contributed by atoms with Crippen LogP contribution in [-0.2, 0) is 0 Å². The second-order valence-electron chi connectivity index (χ2n) is 5.29. The third-order valence-electron chi connectivity index (χ3n) is 3.55. The van der Waals surface area contributed by atoms with Crippen LogP contribution in [0.3, 0.4) is 0 Å². The van der Waals surface area contributed by atoms with Crippen molar-refractivity contribution in [2.45, 2.75) is 0 Å². The van der Waals surface area contributed by atoms with E-state index in [-0.39, 0.29) is 13.6 Å². The van der Waals surface area contributed by atoms with E-state index in [0.29, 0.717) is 23.0 Å². The van der Waals surface area contributed by atoms with Crippen LogP contribution in [0.4, 0.5) is 4.79 Å². The minimum Gasteiger partial charge on any atom is -0.454 e. The molecule has 2 aliphatic heterocycles. The van der Waals surface area contributed by atoms with Gasteiger partial charge < -0.3 is 18.9 Å². The first kappa shape index (κ1) is 15.8. The number of rotatable bonds is 4. The number of benzene rings is 2. The van der Waals surface area contributed by atoms with Gasteiger partial charge in [0.05, 0.1) is 12.4 Å². The summed E-state index contributed by atoms with van der Waals surface area (Å²) in [5.74, 6) is 2.66. The minimum absolute atomic E-state index is 0.206. The summed E-state index contributed by atoms with van der Waals surface area (Å²) in [6.07, 6.45) is 2.98. The number of nitrogens with one attached hydrogen (secondary N) is 2. The molecule has 0 fully saturated rings. The van der Waals surface area contributed by atoms with Crippen LogP contribution in [0.25, 0.3) is 0 Å². The number of nitrogens with zero attached hydrogens (tertiary/aromatic N) is 2. The molecule has 2 aliphatic rings. The fourth-order valence-electron chi connectivity index (χ4n) is 2.34. The van der Waals surface area contributed by atoms with Gasteiger partial charge in [0, 0.05) is 0 Å². The first-order valence-electron chi connectivity index (χ1n) is 7.69. The molecule has 4 rings (SSSR count). The maximum absolute atomic E-state index is 11.7. The van der Waals surface area contributed by atoms with Gasteiger partial charge in [-0.25, -0.2) is 15.6 Å². The first-order chi connectivity index (χ1) is 12.8. The van der Waals surface area contributed by atoms with Crippen molar-refractivity contribution in [2.24, 2.45) is 10.2 Å². The lowest BCUT2D eigenvalue weighted by atomic mass is 10.2. The van der Waals surface area contributed by atoms with E-state index in [0.717, 1.165) is 11.1 Å². The van der Waals surface area contributed by atoms with Crippen LogP contribution < -0.4 is 29.8 Å². The van der Waals surface area contributed by atoms with Crippen molar-refractivity contribution in [3.63, 3.8) is 0 Å². The fraction of sp³-hybridized carbons (Fsp3) is 0.118. The molecule has 0 aromatic heterocycles. The van der Waals surface area contributed by atoms with Gasteiger partial charge in [-0.2, -0.15) is 10.2 Å². The van der Waals surface area contributed by atoms with Crippen LogP contribution in [0.5, 0.6) is 23.0 Å². The first-order valence-corrected chi connectivity index (χ1v) is 7.69. The molecule has 0 saturated carbocycles. The van der Waals surface area contributed by atoms with Crippen molar-refractivity contribution in [2.75, 3.05) is 13.6 Å². The van der Waals surface area contributed by atoms with Gasteiger partial charge in [-0.3, -0.25) is 0 Å². The normalized spacial score (nSPS) is 14.2.